The number of unbranched alkanes of at least 4 members (excludes halogenated alkanes) is 6. The van der Waals surface area contributed by atoms with Crippen molar-refractivity contribution in [3.05, 3.63) is 0 Å². The Bertz CT molecular complexity index is 514. The van der Waals surface area contributed by atoms with E-state index in [9.17, 15) is 14.4 Å². The predicted molar refractivity (Wildman–Crippen MR) is 121 cm³/mol. The summed E-state index contributed by atoms with van der Waals surface area (Å²) < 4.78 is 5.74. The zero-order chi connectivity index (χ0) is 22.2. The lowest BCUT2D eigenvalue weighted by Crippen LogP contribution is -2.36. The molecular weight excluding hydrogens is 402 g/mol. The monoisotopic (exact) mass is 443 g/mol. The number of nitrogens with zero attached hydrogens (tertiary/aromatic N) is 1. The van der Waals surface area contributed by atoms with Gasteiger partial charge in [-0.15, -0.1) is 11.8 Å². The van der Waals surface area contributed by atoms with Gasteiger partial charge in [-0.3, -0.25) is 14.4 Å². The molecule has 7 heteroatoms. The van der Waals surface area contributed by atoms with Crippen LogP contribution in [0.4, 0.5) is 0 Å². The molecule has 6 nitrogen and oxygen atoms in total. The summed E-state index contributed by atoms with van der Waals surface area (Å²) in [7, 11) is 0. The van der Waals surface area contributed by atoms with Crippen LogP contribution in [0.3, 0.4) is 0 Å². The molecule has 1 saturated heterocycles. The fourth-order valence-corrected chi connectivity index (χ4v) is 4.93. The standard InChI is InChI=1S/C23H41NO5S/c1-3-5-9-12-19(29-23(28)15-6-4-2)16-17-24-20(25)18-30-21(24)13-10-7-8-11-14-22(26)27/h19,21H,3-18H2,1-2H3,(H,26,27). The van der Waals surface area contributed by atoms with E-state index in [0.29, 0.717) is 25.1 Å². The molecular formula is C23H41NO5S. The third-order valence-electron chi connectivity index (χ3n) is 5.51. The average Bonchev–Trinajstić information content (AvgIpc) is 3.06. The Kier molecular flexibility index (Phi) is 14.7. The van der Waals surface area contributed by atoms with Gasteiger partial charge < -0.3 is 14.7 Å². The number of rotatable bonds is 18. The van der Waals surface area contributed by atoms with Gasteiger partial charge in [-0.25, -0.2) is 0 Å². The molecule has 1 aliphatic heterocycles. The fourth-order valence-electron chi connectivity index (χ4n) is 3.69. The molecule has 0 aromatic carbocycles. The highest BCUT2D eigenvalue weighted by molar-refractivity contribution is 8.00. The van der Waals surface area contributed by atoms with Crippen molar-refractivity contribution in [3.8, 4) is 0 Å². The van der Waals surface area contributed by atoms with Gasteiger partial charge in [0.05, 0.1) is 11.1 Å². The minimum absolute atomic E-state index is 0.101. The van der Waals surface area contributed by atoms with Crippen LogP contribution >= 0.6 is 11.8 Å². The first-order valence-corrected chi connectivity index (χ1v) is 12.8. The Morgan fingerprint density at radius 3 is 2.47 bits per heavy atom. The molecule has 1 aliphatic rings. The van der Waals surface area contributed by atoms with Crippen molar-refractivity contribution in [1.82, 2.24) is 4.90 Å². The lowest BCUT2D eigenvalue weighted by molar-refractivity contribution is -0.150. The van der Waals surface area contributed by atoms with Crippen LogP contribution in [0.1, 0.15) is 104 Å². The van der Waals surface area contributed by atoms with Crippen LogP contribution in [0.15, 0.2) is 0 Å². The molecule has 174 valence electrons. The number of amides is 1. The number of thioether (sulfide) groups is 1. The first-order chi connectivity index (χ1) is 14.5. The lowest BCUT2D eigenvalue weighted by Gasteiger charge is -2.26. The molecule has 1 rings (SSSR count). The molecule has 30 heavy (non-hydrogen) atoms. The summed E-state index contributed by atoms with van der Waals surface area (Å²) in [5, 5.41) is 8.89. The predicted octanol–water partition coefficient (Wildman–Crippen LogP) is 5.39. The summed E-state index contributed by atoms with van der Waals surface area (Å²) in [6.45, 7) is 4.87. The van der Waals surface area contributed by atoms with Crippen molar-refractivity contribution in [3.63, 3.8) is 0 Å². The maximum atomic E-state index is 12.4. The average molecular weight is 444 g/mol. The van der Waals surface area contributed by atoms with Crippen molar-refractivity contribution in [1.29, 1.82) is 0 Å². The van der Waals surface area contributed by atoms with Gasteiger partial charge in [-0.2, -0.15) is 0 Å². The summed E-state index contributed by atoms with van der Waals surface area (Å²) in [5.41, 5.74) is 0. The van der Waals surface area contributed by atoms with Gasteiger partial charge in [0.25, 0.3) is 0 Å². The van der Waals surface area contributed by atoms with E-state index in [0.717, 1.165) is 70.6 Å². The van der Waals surface area contributed by atoms with Crippen molar-refractivity contribution in [2.24, 2.45) is 0 Å². The number of aliphatic carboxylic acids is 1. The van der Waals surface area contributed by atoms with E-state index >= 15 is 0 Å². The van der Waals surface area contributed by atoms with Crippen LogP contribution in [0.5, 0.6) is 0 Å². The van der Waals surface area contributed by atoms with E-state index in [1.807, 2.05) is 4.90 Å². The molecule has 0 bridgehead atoms. The molecule has 2 atom stereocenters. The van der Waals surface area contributed by atoms with Crippen LogP contribution in [0.25, 0.3) is 0 Å². The van der Waals surface area contributed by atoms with Gasteiger partial charge in [-0.1, -0.05) is 52.4 Å². The van der Waals surface area contributed by atoms with Gasteiger partial charge in [0.1, 0.15) is 6.10 Å². The Morgan fingerprint density at radius 1 is 1.03 bits per heavy atom. The Labute approximate surface area is 186 Å². The van der Waals surface area contributed by atoms with Crippen LogP contribution in [-0.4, -0.2) is 51.6 Å². The lowest BCUT2D eigenvalue weighted by atomic mass is 10.1. The second-order valence-electron chi connectivity index (χ2n) is 8.20. The first kappa shape index (κ1) is 26.8. The summed E-state index contributed by atoms with van der Waals surface area (Å²) in [6.07, 6.45) is 11.9. The largest absolute Gasteiger partial charge is 0.481 e. The van der Waals surface area contributed by atoms with E-state index < -0.39 is 5.97 Å². The van der Waals surface area contributed by atoms with Gasteiger partial charge in [0.2, 0.25) is 5.91 Å². The van der Waals surface area contributed by atoms with Crippen LogP contribution in [-0.2, 0) is 19.1 Å². The first-order valence-electron chi connectivity index (χ1n) is 11.8. The van der Waals surface area contributed by atoms with Gasteiger partial charge in [0, 0.05) is 25.8 Å². The molecule has 2 unspecified atom stereocenters. The molecule has 1 amide bonds. The summed E-state index contributed by atoms with van der Waals surface area (Å²) in [6, 6.07) is 0. The number of carbonyl (C=O) groups is 3. The second-order valence-corrected chi connectivity index (χ2v) is 9.37. The number of carboxylic acids is 1. The molecule has 1 fully saturated rings. The molecule has 0 radical (unpaired) electrons. The van der Waals surface area contributed by atoms with Gasteiger partial charge in [-0.05, 0) is 32.1 Å². The number of esters is 1. The zero-order valence-electron chi connectivity index (χ0n) is 18.9. The summed E-state index contributed by atoms with van der Waals surface area (Å²) in [4.78, 5) is 37.0. The molecule has 0 aromatic heterocycles. The zero-order valence-corrected chi connectivity index (χ0v) is 19.7. The minimum Gasteiger partial charge on any atom is -0.481 e. The number of ether oxygens (including phenoxy) is 1. The highest BCUT2D eigenvalue weighted by Crippen LogP contribution is 2.30. The number of carbonyl (C=O) groups excluding carboxylic acids is 2. The van der Waals surface area contributed by atoms with Crippen molar-refractivity contribution in [2.45, 2.75) is 115 Å². The molecule has 0 aliphatic carbocycles. The van der Waals surface area contributed by atoms with Gasteiger partial charge in [0.15, 0.2) is 0 Å². The third-order valence-corrected chi connectivity index (χ3v) is 6.80. The van der Waals surface area contributed by atoms with Crippen LogP contribution in [0, 0.1) is 0 Å². The van der Waals surface area contributed by atoms with Gasteiger partial charge >= 0.3 is 11.9 Å². The molecule has 0 spiro atoms. The van der Waals surface area contributed by atoms with E-state index in [2.05, 4.69) is 13.8 Å². The van der Waals surface area contributed by atoms with Crippen molar-refractivity contribution >= 4 is 29.6 Å². The van der Waals surface area contributed by atoms with E-state index in [-0.39, 0.29) is 29.8 Å². The van der Waals surface area contributed by atoms with E-state index in [4.69, 9.17) is 9.84 Å². The maximum absolute atomic E-state index is 12.4. The molecule has 0 aromatic rings. The second kappa shape index (κ2) is 16.5. The van der Waals surface area contributed by atoms with Crippen molar-refractivity contribution < 1.29 is 24.2 Å². The number of carboxylic acid groups (broad SMARTS) is 1. The van der Waals surface area contributed by atoms with Crippen LogP contribution < -0.4 is 0 Å². The third kappa shape index (κ3) is 11.8. The summed E-state index contributed by atoms with van der Waals surface area (Å²) in [5.74, 6) is -0.138. The maximum Gasteiger partial charge on any atom is 0.306 e. The Morgan fingerprint density at radius 2 is 1.77 bits per heavy atom. The van der Waals surface area contributed by atoms with Crippen LogP contribution in [0.2, 0.25) is 0 Å². The quantitative estimate of drug-likeness (QED) is 0.226. The minimum atomic E-state index is -0.734. The van der Waals surface area contributed by atoms with Crippen molar-refractivity contribution in [2.75, 3.05) is 12.3 Å². The van der Waals surface area contributed by atoms with E-state index in [1.54, 1.807) is 11.8 Å². The highest BCUT2D eigenvalue weighted by atomic mass is 32.2. The topological polar surface area (TPSA) is 83.9 Å². The molecule has 0 saturated carbocycles. The molecule has 1 heterocycles. The highest BCUT2D eigenvalue weighted by Gasteiger charge is 2.31. The molecule has 1 N–H and O–H groups in total. The normalized spacial score (nSPS) is 17.3. The SMILES string of the molecule is CCCCCC(CCN1C(=O)CSC1CCCCCCC(=O)O)OC(=O)CCCC. The Balaban J connectivity index is 2.43. The summed E-state index contributed by atoms with van der Waals surface area (Å²) >= 11 is 1.70. The fraction of sp³-hybridized carbons (Fsp3) is 0.870. The Hall–Kier alpha value is -1.24. The van der Waals surface area contributed by atoms with E-state index in [1.165, 1.54) is 0 Å². The number of hydrogen-bond acceptors (Lipinski definition) is 5. The smallest absolute Gasteiger partial charge is 0.306 e. The number of hydrogen-bond donors (Lipinski definition) is 1.